The van der Waals surface area contributed by atoms with Crippen molar-refractivity contribution in [3.05, 3.63) is 12.2 Å². The minimum atomic E-state index is 0.746. The van der Waals surface area contributed by atoms with Gasteiger partial charge in [0.25, 0.3) is 0 Å². The fraction of sp³-hybridized carbons (Fsp3) is 0.818. The number of likely N-dealkylation sites (tertiary alicyclic amines) is 1. The highest BCUT2D eigenvalue weighted by Gasteiger charge is 2.14. The molecule has 2 nitrogen and oxygen atoms in total. The van der Waals surface area contributed by atoms with Crippen LogP contribution in [-0.2, 0) is 0 Å². The van der Waals surface area contributed by atoms with Crippen molar-refractivity contribution >= 4 is 0 Å². The van der Waals surface area contributed by atoms with Crippen molar-refractivity contribution < 1.29 is 0 Å². The molecule has 1 heterocycles. The summed E-state index contributed by atoms with van der Waals surface area (Å²) in [5, 5.41) is 3.59. The Morgan fingerprint density at radius 2 is 2.08 bits per heavy atom. The summed E-state index contributed by atoms with van der Waals surface area (Å²) in [5.74, 6) is 0. The molecule has 1 saturated heterocycles. The Hall–Kier alpha value is -0.340. The van der Waals surface area contributed by atoms with Gasteiger partial charge in [-0.1, -0.05) is 5.57 Å². The Bertz CT molecular complexity index is 157. The summed E-state index contributed by atoms with van der Waals surface area (Å²) >= 11 is 0. The first-order chi connectivity index (χ1) is 6.18. The summed E-state index contributed by atoms with van der Waals surface area (Å²) in [6, 6.07) is 0.746. The van der Waals surface area contributed by atoms with Crippen molar-refractivity contribution in [3.63, 3.8) is 0 Å². The zero-order valence-electron chi connectivity index (χ0n) is 8.97. The third kappa shape index (κ3) is 4.44. The second-order valence-electron chi connectivity index (χ2n) is 4.24. The van der Waals surface area contributed by atoms with E-state index in [9.17, 15) is 0 Å². The van der Waals surface area contributed by atoms with E-state index in [0.717, 1.165) is 19.0 Å². The lowest BCUT2D eigenvalue weighted by Crippen LogP contribution is -2.41. The van der Waals surface area contributed by atoms with Gasteiger partial charge in [0.2, 0.25) is 0 Å². The number of piperidine rings is 1. The van der Waals surface area contributed by atoms with Crippen molar-refractivity contribution in [1.29, 1.82) is 0 Å². The van der Waals surface area contributed by atoms with Crippen LogP contribution in [-0.4, -0.2) is 37.6 Å². The van der Waals surface area contributed by atoms with Gasteiger partial charge in [0.1, 0.15) is 0 Å². The van der Waals surface area contributed by atoms with Crippen molar-refractivity contribution in [2.24, 2.45) is 0 Å². The predicted molar refractivity (Wildman–Crippen MR) is 58.0 cm³/mol. The molecule has 0 atom stereocenters. The van der Waals surface area contributed by atoms with E-state index in [-0.39, 0.29) is 0 Å². The number of hydrogen-bond acceptors (Lipinski definition) is 2. The number of nitrogens with one attached hydrogen (secondary N) is 1. The maximum Gasteiger partial charge on any atom is 0.00915 e. The van der Waals surface area contributed by atoms with E-state index < -0.39 is 0 Å². The largest absolute Gasteiger partial charge is 0.314 e. The lowest BCUT2D eigenvalue weighted by molar-refractivity contribution is 0.235. The molecular formula is C11H22N2. The maximum absolute atomic E-state index is 3.90. The summed E-state index contributed by atoms with van der Waals surface area (Å²) in [6.45, 7) is 9.58. The van der Waals surface area contributed by atoms with E-state index in [4.69, 9.17) is 0 Å². The fourth-order valence-corrected chi connectivity index (χ4v) is 1.70. The molecule has 1 rings (SSSR count). The monoisotopic (exact) mass is 182 g/mol. The van der Waals surface area contributed by atoms with Gasteiger partial charge in [-0.15, -0.1) is 6.58 Å². The summed E-state index contributed by atoms with van der Waals surface area (Å²) in [5.41, 5.74) is 1.28. The molecular weight excluding hydrogens is 160 g/mol. The van der Waals surface area contributed by atoms with Crippen LogP contribution in [0.15, 0.2) is 12.2 Å². The van der Waals surface area contributed by atoms with Crippen LogP contribution in [0.5, 0.6) is 0 Å². The van der Waals surface area contributed by atoms with Crippen LogP contribution in [0.2, 0.25) is 0 Å². The highest BCUT2D eigenvalue weighted by Crippen LogP contribution is 2.08. The minimum Gasteiger partial charge on any atom is -0.314 e. The van der Waals surface area contributed by atoms with E-state index in [1.807, 2.05) is 0 Å². The molecule has 0 saturated carbocycles. The third-order valence-electron chi connectivity index (χ3n) is 2.70. The number of rotatable bonds is 4. The smallest absolute Gasteiger partial charge is 0.00915 e. The van der Waals surface area contributed by atoms with Gasteiger partial charge in [0, 0.05) is 6.04 Å². The predicted octanol–water partition coefficient (Wildman–Crippen LogP) is 1.64. The Morgan fingerprint density at radius 3 is 2.62 bits per heavy atom. The van der Waals surface area contributed by atoms with Crippen LogP contribution in [0.1, 0.15) is 26.2 Å². The molecule has 0 unspecified atom stereocenters. The summed E-state index contributed by atoms with van der Waals surface area (Å²) in [4.78, 5) is 2.40. The van der Waals surface area contributed by atoms with Crippen LogP contribution in [0.4, 0.5) is 0 Å². The molecule has 0 bridgehead atoms. The molecule has 13 heavy (non-hydrogen) atoms. The fourth-order valence-electron chi connectivity index (χ4n) is 1.70. The zero-order chi connectivity index (χ0) is 9.68. The van der Waals surface area contributed by atoms with Gasteiger partial charge in [0.05, 0.1) is 0 Å². The second-order valence-corrected chi connectivity index (χ2v) is 4.24. The second kappa shape index (κ2) is 5.40. The molecule has 2 heteroatoms. The number of hydrogen-bond donors (Lipinski definition) is 1. The van der Waals surface area contributed by atoms with Gasteiger partial charge in [-0.05, 0) is 52.9 Å². The van der Waals surface area contributed by atoms with Crippen LogP contribution in [0.3, 0.4) is 0 Å². The van der Waals surface area contributed by atoms with Gasteiger partial charge in [0.15, 0.2) is 0 Å². The number of nitrogens with zero attached hydrogens (tertiary/aromatic N) is 1. The van der Waals surface area contributed by atoms with Gasteiger partial charge in [-0.25, -0.2) is 0 Å². The lowest BCUT2D eigenvalue weighted by atomic mass is 10.1. The van der Waals surface area contributed by atoms with Gasteiger partial charge >= 0.3 is 0 Å². The van der Waals surface area contributed by atoms with E-state index in [1.54, 1.807) is 0 Å². The molecule has 0 aliphatic carbocycles. The van der Waals surface area contributed by atoms with Crippen LogP contribution < -0.4 is 5.32 Å². The highest BCUT2D eigenvalue weighted by molar-refractivity contribution is 4.89. The molecule has 0 aromatic heterocycles. The van der Waals surface area contributed by atoms with Crippen LogP contribution in [0.25, 0.3) is 0 Å². The summed E-state index contributed by atoms with van der Waals surface area (Å²) in [6.07, 6.45) is 3.71. The van der Waals surface area contributed by atoms with E-state index in [0.29, 0.717) is 0 Å². The summed E-state index contributed by atoms with van der Waals surface area (Å²) < 4.78 is 0. The minimum absolute atomic E-state index is 0.746. The topological polar surface area (TPSA) is 15.3 Å². The van der Waals surface area contributed by atoms with Crippen molar-refractivity contribution in [1.82, 2.24) is 10.2 Å². The normalized spacial score (nSPS) is 20.5. The van der Waals surface area contributed by atoms with Gasteiger partial charge < -0.3 is 10.2 Å². The molecule has 0 aromatic carbocycles. The molecule has 1 N–H and O–H groups in total. The highest BCUT2D eigenvalue weighted by atomic mass is 15.1. The van der Waals surface area contributed by atoms with Gasteiger partial charge in [-0.3, -0.25) is 0 Å². The van der Waals surface area contributed by atoms with E-state index in [2.05, 4.69) is 30.8 Å². The first kappa shape index (κ1) is 10.7. The zero-order valence-corrected chi connectivity index (χ0v) is 8.97. The standard InChI is InChI=1S/C11H22N2/c1-10(2)4-7-12-11-5-8-13(3)9-6-11/h11-12H,1,4-9H2,2-3H3. The Morgan fingerprint density at radius 1 is 1.46 bits per heavy atom. The van der Waals surface area contributed by atoms with Gasteiger partial charge in [-0.2, -0.15) is 0 Å². The molecule has 1 fully saturated rings. The molecule has 0 amide bonds. The van der Waals surface area contributed by atoms with E-state index in [1.165, 1.54) is 31.5 Å². The Kier molecular flexibility index (Phi) is 4.46. The van der Waals surface area contributed by atoms with Crippen LogP contribution >= 0.6 is 0 Å². The van der Waals surface area contributed by atoms with Crippen LogP contribution in [0, 0.1) is 0 Å². The SMILES string of the molecule is C=C(C)CCNC1CCN(C)CC1. The first-order valence-corrected chi connectivity index (χ1v) is 5.25. The average molecular weight is 182 g/mol. The summed E-state index contributed by atoms with van der Waals surface area (Å²) in [7, 11) is 2.20. The molecule has 0 radical (unpaired) electrons. The van der Waals surface area contributed by atoms with Crippen molar-refractivity contribution in [2.75, 3.05) is 26.7 Å². The molecule has 0 aromatic rings. The average Bonchev–Trinajstić information content (AvgIpc) is 2.08. The Labute approximate surface area is 82.0 Å². The quantitative estimate of drug-likeness (QED) is 0.665. The third-order valence-corrected chi connectivity index (χ3v) is 2.70. The molecule has 1 aliphatic heterocycles. The molecule has 76 valence electrons. The molecule has 1 aliphatic rings. The lowest BCUT2D eigenvalue weighted by Gasteiger charge is -2.29. The van der Waals surface area contributed by atoms with Crippen molar-refractivity contribution in [3.8, 4) is 0 Å². The Balaban J connectivity index is 2.05. The van der Waals surface area contributed by atoms with Crippen molar-refractivity contribution in [2.45, 2.75) is 32.2 Å². The molecule has 0 spiro atoms. The van der Waals surface area contributed by atoms with E-state index >= 15 is 0 Å². The first-order valence-electron chi connectivity index (χ1n) is 5.25. The maximum atomic E-state index is 3.90.